The van der Waals surface area contributed by atoms with Crippen LogP contribution in [0.2, 0.25) is 0 Å². The largest absolute Gasteiger partial charge is 0.500 e. The Kier molecular flexibility index (Phi) is 3.51. The summed E-state index contributed by atoms with van der Waals surface area (Å²) >= 11 is 0. The Balaban J connectivity index is 1.97. The van der Waals surface area contributed by atoms with E-state index in [-0.39, 0.29) is 0 Å². The van der Waals surface area contributed by atoms with Gasteiger partial charge >= 0.3 is 7.12 Å². The minimum atomic E-state index is -0.490. The number of nitrogens with zero attached hydrogens (tertiary/aromatic N) is 1. The van der Waals surface area contributed by atoms with Crippen molar-refractivity contribution < 1.29 is 14.0 Å². The normalized spacial score (nSPS) is 23.4. The standard InChI is InChI=1S/C15H23BN2O3/c1-14(2)15(3,4)21-16(20-14)13-11(9-17)18-8-7-12(13)19-10-5-6-10/h7-8,10H,5-6,9,17H2,1-4H3. The van der Waals surface area contributed by atoms with Crippen LogP contribution >= 0.6 is 0 Å². The SMILES string of the molecule is CC1(C)OB(c2c(OC3CC3)ccnc2CN)OC1(C)C. The number of pyridine rings is 1. The third-order valence-corrected chi connectivity index (χ3v) is 4.53. The van der Waals surface area contributed by atoms with Crippen molar-refractivity contribution in [3.8, 4) is 5.75 Å². The third-order valence-electron chi connectivity index (χ3n) is 4.53. The molecule has 6 heteroatoms. The first-order valence-electron chi connectivity index (χ1n) is 7.54. The Morgan fingerprint density at radius 2 is 1.90 bits per heavy atom. The molecule has 0 radical (unpaired) electrons. The molecule has 2 aliphatic rings. The minimum Gasteiger partial charge on any atom is -0.491 e. The summed E-state index contributed by atoms with van der Waals surface area (Å²) in [5, 5.41) is 0. The molecule has 1 aliphatic heterocycles. The lowest BCUT2D eigenvalue weighted by Gasteiger charge is -2.32. The van der Waals surface area contributed by atoms with E-state index in [9.17, 15) is 0 Å². The zero-order valence-corrected chi connectivity index (χ0v) is 13.2. The lowest BCUT2D eigenvalue weighted by atomic mass is 9.77. The summed E-state index contributed by atoms with van der Waals surface area (Å²) in [7, 11) is -0.490. The summed E-state index contributed by atoms with van der Waals surface area (Å²) in [4.78, 5) is 4.36. The van der Waals surface area contributed by atoms with Gasteiger partial charge in [-0.25, -0.2) is 0 Å². The van der Waals surface area contributed by atoms with Gasteiger partial charge in [0.1, 0.15) is 5.75 Å². The van der Waals surface area contributed by atoms with Crippen LogP contribution in [0.1, 0.15) is 46.2 Å². The second kappa shape index (κ2) is 4.97. The van der Waals surface area contributed by atoms with Gasteiger partial charge in [-0.05, 0) is 46.6 Å². The maximum absolute atomic E-state index is 6.14. The molecule has 1 saturated carbocycles. The highest BCUT2D eigenvalue weighted by molar-refractivity contribution is 6.63. The van der Waals surface area contributed by atoms with E-state index in [1.165, 1.54) is 0 Å². The summed E-state index contributed by atoms with van der Waals surface area (Å²) in [5.41, 5.74) is 6.66. The second-order valence-electron chi connectivity index (χ2n) is 6.78. The highest BCUT2D eigenvalue weighted by Crippen LogP contribution is 2.37. The smallest absolute Gasteiger partial charge is 0.491 e. The number of nitrogens with two attached hydrogens (primary N) is 1. The first kappa shape index (κ1) is 14.8. The van der Waals surface area contributed by atoms with Crippen LogP contribution in [0, 0.1) is 0 Å². The van der Waals surface area contributed by atoms with Crippen molar-refractivity contribution in [3.63, 3.8) is 0 Å². The summed E-state index contributed by atoms with van der Waals surface area (Å²) in [5.74, 6) is 0.784. The zero-order chi connectivity index (χ0) is 15.3. The van der Waals surface area contributed by atoms with Crippen LogP contribution in [-0.4, -0.2) is 29.4 Å². The summed E-state index contributed by atoms with van der Waals surface area (Å²) in [6.07, 6.45) is 4.24. The topological polar surface area (TPSA) is 66.6 Å². The summed E-state index contributed by atoms with van der Waals surface area (Å²) in [6, 6.07) is 1.87. The monoisotopic (exact) mass is 290 g/mol. The molecule has 1 aliphatic carbocycles. The van der Waals surface area contributed by atoms with E-state index in [1.807, 2.05) is 33.8 Å². The van der Waals surface area contributed by atoms with Crippen molar-refractivity contribution >= 4 is 12.6 Å². The van der Waals surface area contributed by atoms with Crippen LogP contribution < -0.4 is 15.9 Å². The molecule has 2 heterocycles. The fraction of sp³-hybridized carbons (Fsp3) is 0.667. The van der Waals surface area contributed by atoms with Crippen LogP contribution in [0.3, 0.4) is 0 Å². The Labute approximate surface area is 126 Å². The number of ether oxygens (including phenoxy) is 1. The van der Waals surface area contributed by atoms with Gasteiger partial charge in [-0.15, -0.1) is 0 Å². The number of hydrogen-bond donors (Lipinski definition) is 1. The van der Waals surface area contributed by atoms with Crippen LogP contribution in [-0.2, 0) is 15.9 Å². The molecule has 3 rings (SSSR count). The van der Waals surface area contributed by atoms with Gasteiger partial charge in [0, 0.05) is 18.2 Å². The van der Waals surface area contributed by atoms with Gasteiger partial charge in [-0.1, -0.05) is 0 Å². The average Bonchev–Trinajstić information content (AvgIpc) is 3.17. The molecule has 0 spiro atoms. The van der Waals surface area contributed by atoms with Crippen molar-refractivity contribution in [1.29, 1.82) is 0 Å². The van der Waals surface area contributed by atoms with Gasteiger partial charge in [0.2, 0.25) is 0 Å². The lowest BCUT2D eigenvalue weighted by molar-refractivity contribution is 0.00578. The van der Waals surface area contributed by atoms with Crippen molar-refractivity contribution in [2.45, 2.75) is 64.4 Å². The number of aromatic nitrogens is 1. The predicted molar refractivity (Wildman–Crippen MR) is 81.5 cm³/mol. The van der Waals surface area contributed by atoms with E-state index in [0.29, 0.717) is 12.6 Å². The Morgan fingerprint density at radius 3 is 2.43 bits per heavy atom. The molecule has 1 aromatic rings. The fourth-order valence-electron chi connectivity index (χ4n) is 2.34. The van der Waals surface area contributed by atoms with Gasteiger partial charge < -0.3 is 19.8 Å². The minimum absolute atomic E-state index is 0.305. The molecule has 5 nitrogen and oxygen atoms in total. The lowest BCUT2D eigenvalue weighted by Crippen LogP contribution is -2.41. The molecule has 0 unspecified atom stereocenters. The van der Waals surface area contributed by atoms with Gasteiger partial charge in [0.05, 0.1) is 23.0 Å². The van der Waals surface area contributed by atoms with E-state index in [0.717, 1.165) is 29.7 Å². The third kappa shape index (κ3) is 2.68. The average molecular weight is 290 g/mol. The van der Waals surface area contributed by atoms with Gasteiger partial charge in [0.15, 0.2) is 0 Å². The molecule has 0 bridgehead atoms. The highest BCUT2D eigenvalue weighted by atomic mass is 16.7. The van der Waals surface area contributed by atoms with Crippen molar-refractivity contribution in [2.75, 3.05) is 0 Å². The Morgan fingerprint density at radius 1 is 1.29 bits per heavy atom. The molecule has 1 saturated heterocycles. The summed E-state index contributed by atoms with van der Waals surface area (Å²) < 4.78 is 18.3. The van der Waals surface area contributed by atoms with Crippen molar-refractivity contribution in [2.24, 2.45) is 5.73 Å². The van der Waals surface area contributed by atoms with Crippen LogP contribution in [0.15, 0.2) is 12.3 Å². The molecule has 0 atom stereocenters. The molecule has 114 valence electrons. The highest BCUT2D eigenvalue weighted by Gasteiger charge is 2.53. The Hall–Kier alpha value is -1.11. The van der Waals surface area contributed by atoms with Crippen molar-refractivity contribution in [3.05, 3.63) is 18.0 Å². The van der Waals surface area contributed by atoms with Crippen LogP contribution in [0.5, 0.6) is 5.75 Å². The quantitative estimate of drug-likeness (QED) is 0.849. The zero-order valence-electron chi connectivity index (χ0n) is 13.2. The molecule has 0 aromatic carbocycles. The maximum atomic E-state index is 6.14. The van der Waals surface area contributed by atoms with Gasteiger partial charge in [-0.2, -0.15) is 0 Å². The van der Waals surface area contributed by atoms with Crippen LogP contribution in [0.25, 0.3) is 0 Å². The first-order valence-corrected chi connectivity index (χ1v) is 7.54. The maximum Gasteiger partial charge on any atom is 0.500 e. The van der Waals surface area contributed by atoms with E-state index in [1.54, 1.807) is 6.20 Å². The van der Waals surface area contributed by atoms with E-state index in [2.05, 4.69) is 4.98 Å². The van der Waals surface area contributed by atoms with E-state index in [4.69, 9.17) is 19.8 Å². The molecule has 2 N–H and O–H groups in total. The second-order valence-corrected chi connectivity index (χ2v) is 6.78. The predicted octanol–water partition coefficient (Wildman–Crippen LogP) is 1.38. The number of hydrogen-bond acceptors (Lipinski definition) is 5. The molecular formula is C15H23BN2O3. The van der Waals surface area contributed by atoms with Gasteiger partial charge in [0.25, 0.3) is 0 Å². The fourth-order valence-corrected chi connectivity index (χ4v) is 2.34. The van der Waals surface area contributed by atoms with Crippen LogP contribution in [0.4, 0.5) is 0 Å². The molecular weight excluding hydrogens is 267 g/mol. The molecule has 1 aromatic heterocycles. The molecule has 21 heavy (non-hydrogen) atoms. The molecule has 2 fully saturated rings. The van der Waals surface area contributed by atoms with Gasteiger partial charge in [-0.3, -0.25) is 4.98 Å². The number of rotatable bonds is 4. The van der Waals surface area contributed by atoms with E-state index >= 15 is 0 Å². The summed E-state index contributed by atoms with van der Waals surface area (Å²) in [6.45, 7) is 8.47. The van der Waals surface area contributed by atoms with Crippen molar-refractivity contribution in [1.82, 2.24) is 4.98 Å². The Bertz CT molecular complexity index is 528. The molecule has 0 amide bonds. The van der Waals surface area contributed by atoms with E-state index < -0.39 is 18.3 Å². The first-order chi connectivity index (χ1) is 9.84.